The molecule has 0 N–H and O–H groups in total. The molecule has 138 valence electrons. The summed E-state index contributed by atoms with van der Waals surface area (Å²) < 4.78 is 5.41. The maximum Gasteiger partial charge on any atom is 0.0464 e. The minimum atomic E-state index is 0.733. The van der Waals surface area contributed by atoms with Crippen LogP contribution >= 0.6 is 0 Å². The summed E-state index contributed by atoms with van der Waals surface area (Å²) in [5, 5.41) is 0. The van der Waals surface area contributed by atoms with E-state index in [0.717, 1.165) is 35.7 Å². The van der Waals surface area contributed by atoms with Crippen LogP contribution in [0.1, 0.15) is 69.8 Å². The standard InChI is InChI=1S/C23H35NO/c1-25-11-7-18(2-3-19-5-9-24-10-6-19)4-8-23-15-20-12-21(16-23)14-22(13-20)17-23/h5-6,9-10,18,20-22H,2-4,7-8,11-17H2,1H3. The molecule has 0 aromatic carbocycles. The number of aromatic nitrogens is 1. The molecule has 4 saturated carbocycles. The van der Waals surface area contributed by atoms with E-state index in [9.17, 15) is 0 Å². The average molecular weight is 342 g/mol. The van der Waals surface area contributed by atoms with E-state index in [0.29, 0.717) is 0 Å². The second kappa shape index (κ2) is 7.78. The van der Waals surface area contributed by atoms with Crippen LogP contribution in [0.3, 0.4) is 0 Å². The maximum absolute atomic E-state index is 5.41. The Morgan fingerprint density at radius 1 is 1.00 bits per heavy atom. The highest BCUT2D eigenvalue weighted by molar-refractivity contribution is 5.09. The van der Waals surface area contributed by atoms with Gasteiger partial charge >= 0.3 is 0 Å². The van der Waals surface area contributed by atoms with Crippen molar-refractivity contribution in [2.45, 2.75) is 70.6 Å². The van der Waals surface area contributed by atoms with Crippen LogP contribution in [0.2, 0.25) is 0 Å². The molecule has 4 fully saturated rings. The molecule has 4 bridgehead atoms. The first-order valence-electron chi connectivity index (χ1n) is 10.6. The Hall–Kier alpha value is -0.890. The van der Waals surface area contributed by atoms with Gasteiger partial charge in [0.05, 0.1) is 0 Å². The van der Waals surface area contributed by atoms with Crippen LogP contribution in [-0.2, 0) is 11.2 Å². The van der Waals surface area contributed by atoms with Gasteiger partial charge < -0.3 is 4.74 Å². The molecule has 5 rings (SSSR count). The summed E-state index contributed by atoms with van der Waals surface area (Å²) in [6.07, 6.45) is 19.8. The van der Waals surface area contributed by atoms with Crippen molar-refractivity contribution in [2.75, 3.05) is 13.7 Å². The zero-order chi connectivity index (χ0) is 17.1. The second-order valence-electron chi connectivity index (χ2n) is 9.50. The molecule has 1 unspecified atom stereocenters. The Kier molecular flexibility index (Phi) is 5.45. The van der Waals surface area contributed by atoms with E-state index in [1.807, 2.05) is 19.5 Å². The number of hydrogen-bond acceptors (Lipinski definition) is 2. The third-order valence-electron chi connectivity index (χ3n) is 7.57. The fourth-order valence-electron chi connectivity index (χ4n) is 6.74. The van der Waals surface area contributed by atoms with Gasteiger partial charge in [0.1, 0.15) is 0 Å². The highest BCUT2D eigenvalue weighted by Crippen LogP contribution is 2.61. The van der Waals surface area contributed by atoms with Crippen LogP contribution in [0.4, 0.5) is 0 Å². The smallest absolute Gasteiger partial charge is 0.0464 e. The van der Waals surface area contributed by atoms with Crippen molar-refractivity contribution in [3.05, 3.63) is 30.1 Å². The van der Waals surface area contributed by atoms with E-state index >= 15 is 0 Å². The first kappa shape index (κ1) is 17.5. The Balaban J connectivity index is 1.32. The molecule has 0 saturated heterocycles. The predicted molar refractivity (Wildman–Crippen MR) is 102 cm³/mol. The van der Waals surface area contributed by atoms with Crippen LogP contribution in [0.5, 0.6) is 0 Å². The molecule has 0 radical (unpaired) electrons. The van der Waals surface area contributed by atoms with Gasteiger partial charge in [0.15, 0.2) is 0 Å². The minimum absolute atomic E-state index is 0.733. The summed E-state index contributed by atoms with van der Waals surface area (Å²) in [5.74, 6) is 4.07. The highest BCUT2D eigenvalue weighted by atomic mass is 16.5. The third kappa shape index (κ3) is 4.27. The van der Waals surface area contributed by atoms with Gasteiger partial charge in [0.25, 0.3) is 0 Å². The number of ether oxygens (including phenoxy) is 1. The highest BCUT2D eigenvalue weighted by Gasteiger charge is 2.50. The normalized spacial score (nSPS) is 34.4. The molecule has 25 heavy (non-hydrogen) atoms. The topological polar surface area (TPSA) is 22.1 Å². The van der Waals surface area contributed by atoms with Gasteiger partial charge in [0.2, 0.25) is 0 Å². The van der Waals surface area contributed by atoms with Crippen LogP contribution in [0, 0.1) is 29.1 Å². The number of hydrogen-bond donors (Lipinski definition) is 0. The zero-order valence-electron chi connectivity index (χ0n) is 16.0. The SMILES string of the molecule is COCCC(CCc1ccncc1)CCC12CC3CC(CC(C3)C1)C2. The summed E-state index contributed by atoms with van der Waals surface area (Å²) in [7, 11) is 1.85. The number of aryl methyl sites for hydroxylation is 1. The molecule has 1 aromatic rings. The molecule has 1 aromatic heterocycles. The van der Waals surface area contributed by atoms with Crippen molar-refractivity contribution in [3.63, 3.8) is 0 Å². The largest absolute Gasteiger partial charge is 0.385 e. The Labute approximate surface area is 153 Å². The quantitative estimate of drug-likeness (QED) is 0.578. The Morgan fingerprint density at radius 3 is 2.24 bits per heavy atom. The molecule has 0 amide bonds. The number of methoxy groups -OCH3 is 1. The minimum Gasteiger partial charge on any atom is -0.385 e. The molecule has 2 nitrogen and oxygen atoms in total. The van der Waals surface area contributed by atoms with Gasteiger partial charge in [0, 0.05) is 26.1 Å². The van der Waals surface area contributed by atoms with Gasteiger partial charge in [-0.3, -0.25) is 4.98 Å². The van der Waals surface area contributed by atoms with E-state index in [1.165, 1.54) is 37.7 Å². The van der Waals surface area contributed by atoms with Gasteiger partial charge in [-0.05, 0) is 117 Å². The van der Waals surface area contributed by atoms with Crippen molar-refractivity contribution < 1.29 is 4.74 Å². The molecule has 4 aliphatic rings. The van der Waals surface area contributed by atoms with E-state index < -0.39 is 0 Å². The first-order valence-corrected chi connectivity index (χ1v) is 10.6. The average Bonchev–Trinajstić information content (AvgIpc) is 2.61. The summed E-state index contributed by atoms with van der Waals surface area (Å²) in [4.78, 5) is 4.14. The molecule has 4 aliphatic carbocycles. The van der Waals surface area contributed by atoms with Crippen LogP contribution < -0.4 is 0 Å². The first-order chi connectivity index (χ1) is 12.2. The van der Waals surface area contributed by atoms with Gasteiger partial charge in [-0.15, -0.1) is 0 Å². The monoisotopic (exact) mass is 341 g/mol. The van der Waals surface area contributed by atoms with E-state index in [1.54, 1.807) is 38.5 Å². The molecular weight excluding hydrogens is 306 g/mol. The molecule has 2 heteroatoms. The predicted octanol–water partition coefficient (Wildman–Crippen LogP) is 5.66. The summed E-state index contributed by atoms with van der Waals surface area (Å²) in [6, 6.07) is 4.35. The van der Waals surface area contributed by atoms with Crippen molar-refractivity contribution in [3.8, 4) is 0 Å². The van der Waals surface area contributed by atoms with Crippen LogP contribution in [0.25, 0.3) is 0 Å². The maximum atomic E-state index is 5.41. The molecular formula is C23H35NO. The number of pyridine rings is 1. The lowest BCUT2D eigenvalue weighted by Crippen LogP contribution is -2.46. The van der Waals surface area contributed by atoms with E-state index in [-0.39, 0.29) is 0 Å². The number of nitrogens with zero attached hydrogens (tertiary/aromatic N) is 1. The van der Waals surface area contributed by atoms with Gasteiger partial charge in [-0.2, -0.15) is 0 Å². The van der Waals surface area contributed by atoms with Crippen molar-refractivity contribution in [2.24, 2.45) is 29.1 Å². The Bertz CT molecular complexity index is 505. The second-order valence-corrected chi connectivity index (χ2v) is 9.50. The molecule has 0 aliphatic heterocycles. The summed E-state index contributed by atoms with van der Waals surface area (Å²) >= 11 is 0. The van der Waals surface area contributed by atoms with Crippen molar-refractivity contribution in [1.82, 2.24) is 4.98 Å². The van der Waals surface area contributed by atoms with Crippen LogP contribution in [0.15, 0.2) is 24.5 Å². The number of rotatable bonds is 9. The molecule has 1 atom stereocenters. The summed E-state index contributed by atoms with van der Waals surface area (Å²) in [6.45, 7) is 0.919. The zero-order valence-corrected chi connectivity index (χ0v) is 16.0. The van der Waals surface area contributed by atoms with Crippen molar-refractivity contribution in [1.29, 1.82) is 0 Å². The lowest BCUT2D eigenvalue weighted by Gasteiger charge is -2.57. The van der Waals surface area contributed by atoms with Crippen molar-refractivity contribution >= 4 is 0 Å². The Morgan fingerprint density at radius 2 is 1.64 bits per heavy atom. The molecule has 0 spiro atoms. The van der Waals surface area contributed by atoms with Crippen LogP contribution in [-0.4, -0.2) is 18.7 Å². The van der Waals surface area contributed by atoms with Gasteiger partial charge in [-0.1, -0.05) is 0 Å². The third-order valence-corrected chi connectivity index (χ3v) is 7.57. The van der Waals surface area contributed by atoms with E-state index in [4.69, 9.17) is 4.74 Å². The van der Waals surface area contributed by atoms with Gasteiger partial charge in [-0.25, -0.2) is 0 Å². The fraction of sp³-hybridized carbons (Fsp3) is 0.783. The lowest BCUT2D eigenvalue weighted by atomic mass is 9.48. The molecule has 1 heterocycles. The summed E-state index contributed by atoms with van der Waals surface area (Å²) in [5.41, 5.74) is 2.17. The lowest BCUT2D eigenvalue weighted by molar-refractivity contribution is -0.0605. The fourth-order valence-corrected chi connectivity index (χ4v) is 6.74. The van der Waals surface area contributed by atoms with E-state index in [2.05, 4.69) is 17.1 Å².